The van der Waals surface area contributed by atoms with Crippen molar-refractivity contribution in [2.75, 3.05) is 13.1 Å². The summed E-state index contributed by atoms with van der Waals surface area (Å²) >= 11 is 0. The van der Waals surface area contributed by atoms with E-state index in [4.69, 9.17) is 0 Å². The molecule has 1 aromatic heterocycles. The minimum Gasteiger partial charge on any atom is -0.339 e. The number of non-ortho nitro benzene ring substituents is 1. The SMILES string of the molecule is O=C(c1cn(-c2ccccc2)nc1-c1ccc([N+](=O)[O-])cc1)N1CCCCC1. The van der Waals surface area contributed by atoms with Crippen LogP contribution in [0.15, 0.2) is 60.8 Å². The molecule has 0 atom stereocenters. The first-order valence-corrected chi connectivity index (χ1v) is 9.33. The van der Waals surface area contributed by atoms with Gasteiger partial charge in [-0.3, -0.25) is 14.9 Å². The van der Waals surface area contributed by atoms with E-state index in [2.05, 4.69) is 5.10 Å². The first-order valence-electron chi connectivity index (χ1n) is 9.33. The summed E-state index contributed by atoms with van der Waals surface area (Å²) in [6.45, 7) is 1.49. The Balaban J connectivity index is 1.77. The summed E-state index contributed by atoms with van der Waals surface area (Å²) in [6.07, 6.45) is 4.90. The molecule has 2 aromatic carbocycles. The van der Waals surface area contributed by atoms with E-state index in [9.17, 15) is 14.9 Å². The summed E-state index contributed by atoms with van der Waals surface area (Å²) in [5.41, 5.74) is 2.59. The lowest BCUT2D eigenvalue weighted by molar-refractivity contribution is -0.384. The second-order valence-electron chi connectivity index (χ2n) is 6.83. The molecule has 1 amide bonds. The van der Waals surface area contributed by atoms with Crippen molar-refractivity contribution in [3.05, 3.63) is 76.5 Å². The zero-order chi connectivity index (χ0) is 19.5. The molecule has 7 nitrogen and oxygen atoms in total. The Kier molecular flexibility index (Phi) is 4.89. The van der Waals surface area contributed by atoms with Gasteiger partial charge < -0.3 is 4.90 Å². The van der Waals surface area contributed by atoms with Gasteiger partial charge in [0.1, 0.15) is 5.69 Å². The summed E-state index contributed by atoms with van der Waals surface area (Å²) in [4.78, 5) is 25.6. The van der Waals surface area contributed by atoms with Gasteiger partial charge in [-0.25, -0.2) is 4.68 Å². The molecule has 0 bridgehead atoms. The van der Waals surface area contributed by atoms with Crippen LogP contribution in [0, 0.1) is 10.1 Å². The number of piperidine rings is 1. The van der Waals surface area contributed by atoms with Gasteiger partial charge >= 0.3 is 0 Å². The number of hydrogen-bond donors (Lipinski definition) is 0. The average Bonchev–Trinajstić information content (AvgIpc) is 3.20. The maximum atomic E-state index is 13.2. The molecule has 0 spiro atoms. The number of nitro groups is 1. The summed E-state index contributed by atoms with van der Waals surface area (Å²) in [7, 11) is 0. The quantitative estimate of drug-likeness (QED) is 0.508. The van der Waals surface area contributed by atoms with E-state index >= 15 is 0 Å². The highest BCUT2D eigenvalue weighted by Gasteiger charge is 2.25. The average molecular weight is 376 g/mol. The van der Waals surface area contributed by atoms with Crippen molar-refractivity contribution in [1.29, 1.82) is 0 Å². The Labute approximate surface area is 162 Å². The fourth-order valence-electron chi connectivity index (χ4n) is 3.46. The largest absolute Gasteiger partial charge is 0.339 e. The van der Waals surface area contributed by atoms with Crippen LogP contribution in [0.3, 0.4) is 0 Å². The van der Waals surface area contributed by atoms with Crippen LogP contribution in [0.2, 0.25) is 0 Å². The number of nitro benzene ring substituents is 1. The lowest BCUT2D eigenvalue weighted by Gasteiger charge is -2.26. The van der Waals surface area contributed by atoms with Crippen molar-refractivity contribution in [2.24, 2.45) is 0 Å². The zero-order valence-electron chi connectivity index (χ0n) is 15.3. The molecule has 2 heterocycles. The molecule has 1 aliphatic rings. The topological polar surface area (TPSA) is 81.3 Å². The number of rotatable bonds is 4. The minimum atomic E-state index is -0.438. The van der Waals surface area contributed by atoms with Gasteiger partial charge in [-0.1, -0.05) is 18.2 Å². The van der Waals surface area contributed by atoms with E-state index < -0.39 is 4.92 Å². The van der Waals surface area contributed by atoms with Crippen LogP contribution in [0.25, 0.3) is 16.9 Å². The van der Waals surface area contributed by atoms with Gasteiger partial charge in [-0.15, -0.1) is 0 Å². The maximum absolute atomic E-state index is 13.2. The van der Waals surface area contributed by atoms with E-state index in [0.717, 1.165) is 38.0 Å². The Hall–Kier alpha value is -3.48. The van der Waals surface area contributed by atoms with Gasteiger partial charge in [0.2, 0.25) is 0 Å². The molecule has 28 heavy (non-hydrogen) atoms. The number of para-hydroxylation sites is 1. The molecule has 0 unspecified atom stereocenters. The fraction of sp³-hybridized carbons (Fsp3) is 0.238. The zero-order valence-corrected chi connectivity index (χ0v) is 15.3. The molecule has 1 fully saturated rings. The monoisotopic (exact) mass is 376 g/mol. The Morgan fingerprint density at radius 2 is 1.64 bits per heavy atom. The highest BCUT2D eigenvalue weighted by atomic mass is 16.6. The van der Waals surface area contributed by atoms with Gasteiger partial charge in [-0.2, -0.15) is 5.10 Å². The number of amides is 1. The van der Waals surface area contributed by atoms with Crippen LogP contribution in [0.5, 0.6) is 0 Å². The second kappa shape index (κ2) is 7.64. The predicted molar refractivity (Wildman–Crippen MR) is 105 cm³/mol. The second-order valence-corrected chi connectivity index (χ2v) is 6.83. The number of carbonyl (C=O) groups excluding carboxylic acids is 1. The molecule has 4 rings (SSSR count). The van der Waals surface area contributed by atoms with Crippen LogP contribution < -0.4 is 0 Å². The van der Waals surface area contributed by atoms with Crippen LogP contribution in [-0.4, -0.2) is 38.6 Å². The molecule has 0 saturated carbocycles. The van der Waals surface area contributed by atoms with Gasteiger partial charge in [0.05, 0.1) is 16.2 Å². The van der Waals surface area contributed by atoms with E-state index in [1.54, 1.807) is 23.0 Å². The fourth-order valence-corrected chi connectivity index (χ4v) is 3.46. The summed E-state index contributed by atoms with van der Waals surface area (Å²) in [5.74, 6) is -0.0461. The van der Waals surface area contributed by atoms with Crippen molar-refractivity contribution in [3.8, 4) is 16.9 Å². The molecule has 0 radical (unpaired) electrons. The molecule has 0 aliphatic carbocycles. The summed E-state index contributed by atoms with van der Waals surface area (Å²) < 4.78 is 1.69. The third-order valence-electron chi connectivity index (χ3n) is 4.96. The third kappa shape index (κ3) is 3.51. The van der Waals surface area contributed by atoms with E-state index in [1.165, 1.54) is 12.1 Å². The summed E-state index contributed by atoms with van der Waals surface area (Å²) in [6, 6.07) is 15.7. The van der Waals surface area contributed by atoms with E-state index in [-0.39, 0.29) is 11.6 Å². The molecule has 142 valence electrons. The number of hydrogen-bond acceptors (Lipinski definition) is 4. The van der Waals surface area contributed by atoms with Gasteiger partial charge in [-0.05, 0) is 43.5 Å². The number of aromatic nitrogens is 2. The number of benzene rings is 2. The first kappa shape index (κ1) is 17.9. The lowest BCUT2D eigenvalue weighted by Crippen LogP contribution is -2.35. The molecule has 1 aliphatic heterocycles. The van der Waals surface area contributed by atoms with E-state index in [0.29, 0.717) is 16.8 Å². The summed E-state index contributed by atoms with van der Waals surface area (Å²) in [5, 5.41) is 15.6. The third-order valence-corrected chi connectivity index (χ3v) is 4.96. The van der Waals surface area contributed by atoms with Gasteiger partial charge in [0.25, 0.3) is 11.6 Å². The highest BCUT2D eigenvalue weighted by molar-refractivity contribution is 6.00. The highest BCUT2D eigenvalue weighted by Crippen LogP contribution is 2.27. The van der Waals surface area contributed by atoms with E-state index in [1.807, 2.05) is 35.2 Å². The van der Waals surface area contributed by atoms with Crippen LogP contribution in [0.4, 0.5) is 5.69 Å². The molecule has 3 aromatic rings. The van der Waals surface area contributed by atoms with Crippen LogP contribution >= 0.6 is 0 Å². The Morgan fingerprint density at radius 1 is 0.964 bits per heavy atom. The Bertz CT molecular complexity index is 990. The van der Waals surface area contributed by atoms with Crippen molar-refractivity contribution in [1.82, 2.24) is 14.7 Å². The molecule has 1 saturated heterocycles. The van der Waals surface area contributed by atoms with Crippen molar-refractivity contribution in [2.45, 2.75) is 19.3 Å². The predicted octanol–water partition coefficient (Wildman–Crippen LogP) is 4.07. The normalized spacial score (nSPS) is 14.1. The van der Waals surface area contributed by atoms with Crippen molar-refractivity contribution >= 4 is 11.6 Å². The minimum absolute atomic E-state index is 0.00940. The molecule has 0 N–H and O–H groups in total. The number of likely N-dealkylation sites (tertiary alicyclic amines) is 1. The van der Waals surface area contributed by atoms with Gasteiger partial charge in [0, 0.05) is 37.0 Å². The molecular formula is C21H20N4O3. The smallest absolute Gasteiger partial charge is 0.269 e. The van der Waals surface area contributed by atoms with Crippen LogP contribution in [0.1, 0.15) is 29.6 Å². The maximum Gasteiger partial charge on any atom is 0.269 e. The molecule has 7 heteroatoms. The van der Waals surface area contributed by atoms with Crippen molar-refractivity contribution < 1.29 is 9.72 Å². The van der Waals surface area contributed by atoms with Crippen LogP contribution in [-0.2, 0) is 0 Å². The number of carbonyl (C=O) groups is 1. The standard InChI is InChI=1S/C21H20N4O3/c26-21(23-13-5-2-6-14-23)19-15-24(17-7-3-1-4-8-17)22-20(19)16-9-11-18(12-10-16)25(27)28/h1,3-4,7-12,15H,2,5-6,13-14H2. The lowest BCUT2D eigenvalue weighted by atomic mass is 10.1. The van der Waals surface area contributed by atoms with Crippen molar-refractivity contribution in [3.63, 3.8) is 0 Å². The molecular weight excluding hydrogens is 356 g/mol. The first-order chi connectivity index (χ1) is 13.6. The number of nitrogens with zero attached hydrogens (tertiary/aromatic N) is 4. The Morgan fingerprint density at radius 3 is 2.29 bits per heavy atom. The van der Waals surface area contributed by atoms with Gasteiger partial charge in [0.15, 0.2) is 0 Å².